The summed E-state index contributed by atoms with van der Waals surface area (Å²) in [4.78, 5) is 41.4. The van der Waals surface area contributed by atoms with Crippen molar-refractivity contribution < 1.29 is 23.9 Å². The van der Waals surface area contributed by atoms with E-state index in [1.54, 1.807) is 29.2 Å². The predicted molar refractivity (Wildman–Crippen MR) is 137 cm³/mol. The van der Waals surface area contributed by atoms with E-state index in [4.69, 9.17) is 9.47 Å². The van der Waals surface area contributed by atoms with Gasteiger partial charge in [0.1, 0.15) is 5.75 Å². The smallest absolute Gasteiger partial charge is 0.262 e. The van der Waals surface area contributed by atoms with E-state index in [0.717, 1.165) is 49.7 Å². The van der Waals surface area contributed by atoms with E-state index in [1.165, 1.54) is 0 Å². The fourth-order valence-electron chi connectivity index (χ4n) is 4.50. The fraction of sp³-hybridized carbons (Fsp3) is 0.444. The van der Waals surface area contributed by atoms with Crippen LogP contribution in [0, 0.1) is 19.8 Å². The minimum Gasteiger partial charge on any atom is -0.484 e. The molecule has 2 aromatic carbocycles. The predicted octanol–water partition coefficient (Wildman–Crippen LogP) is 2.12. The molecule has 2 aromatic rings. The summed E-state index contributed by atoms with van der Waals surface area (Å²) in [7, 11) is 0. The second-order valence-corrected chi connectivity index (χ2v) is 9.25. The van der Waals surface area contributed by atoms with Gasteiger partial charge in [-0.05, 0) is 49.2 Å². The average molecular weight is 495 g/mol. The number of nitrogens with zero attached hydrogens (tertiary/aromatic N) is 2. The molecule has 192 valence electrons. The summed E-state index contributed by atoms with van der Waals surface area (Å²) >= 11 is 0. The molecule has 4 rings (SSSR count). The van der Waals surface area contributed by atoms with Crippen LogP contribution in [0.2, 0.25) is 0 Å². The lowest BCUT2D eigenvalue weighted by Gasteiger charge is -2.26. The second kappa shape index (κ2) is 12.0. The third-order valence-corrected chi connectivity index (χ3v) is 6.59. The van der Waals surface area contributed by atoms with Gasteiger partial charge in [0.2, 0.25) is 11.8 Å². The Morgan fingerprint density at radius 1 is 1.06 bits per heavy atom. The van der Waals surface area contributed by atoms with Crippen LogP contribution < -0.4 is 20.3 Å². The van der Waals surface area contributed by atoms with E-state index in [2.05, 4.69) is 15.5 Å². The zero-order chi connectivity index (χ0) is 25.5. The first kappa shape index (κ1) is 25.7. The van der Waals surface area contributed by atoms with Gasteiger partial charge in [-0.15, -0.1) is 0 Å². The van der Waals surface area contributed by atoms with Crippen molar-refractivity contribution in [3.8, 4) is 5.75 Å². The number of rotatable bonds is 9. The highest BCUT2D eigenvalue weighted by atomic mass is 16.5. The largest absolute Gasteiger partial charge is 0.484 e. The summed E-state index contributed by atoms with van der Waals surface area (Å²) in [5.74, 6) is -0.251. The van der Waals surface area contributed by atoms with Gasteiger partial charge >= 0.3 is 0 Å². The quantitative estimate of drug-likeness (QED) is 0.554. The van der Waals surface area contributed by atoms with Crippen molar-refractivity contribution in [3.63, 3.8) is 0 Å². The highest BCUT2D eigenvalue weighted by molar-refractivity contribution is 6.00. The van der Waals surface area contributed by atoms with Gasteiger partial charge in [-0.25, -0.2) is 0 Å². The number of nitrogens with one attached hydrogen (secondary N) is 2. The lowest BCUT2D eigenvalue weighted by Crippen LogP contribution is -2.42. The molecule has 36 heavy (non-hydrogen) atoms. The van der Waals surface area contributed by atoms with Crippen LogP contribution in [0.25, 0.3) is 0 Å². The molecule has 0 unspecified atom stereocenters. The Hall–Kier alpha value is -3.43. The number of hydrogen-bond acceptors (Lipinski definition) is 6. The molecule has 0 aromatic heterocycles. The molecular formula is C27H34N4O5. The molecule has 9 nitrogen and oxygen atoms in total. The molecular weight excluding hydrogens is 460 g/mol. The van der Waals surface area contributed by atoms with E-state index < -0.39 is 0 Å². The maximum atomic E-state index is 12.6. The van der Waals surface area contributed by atoms with Crippen molar-refractivity contribution in [2.75, 3.05) is 62.8 Å². The van der Waals surface area contributed by atoms with Crippen LogP contribution in [-0.4, -0.2) is 75.2 Å². The molecule has 2 fully saturated rings. The fourth-order valence-corrected chi connectivity index (χ4v) is 4.50. The van der Waals surface area contributed by atoms with Gasteiger partial charge in [0.25, 0.3) is 5.91 Å². The summed E-state index contributed by atoms with van der Waals surface area (Å²) < 4.78 is 11.0. The minimum atomic E-state index is -0.369. The first-order valence-electron chi connectivity index (χ1n) is 12.4. The van der Waals surface area contributed by atoms with Gasteiger partial charge in [-0.2, -0.15) is 0 Å². The van der Waals surface area contributed by atoms with E-state index in [1.807, 2.05) is 32.0 Å². The highest BCUT2D eigenvalue weighted by Gasteiger charge is 2.35. The number of aryl methyl sites for hydroxylation is 2. The molecule has 0 spiro atoms. The molecule has 2 aliphatic heterocycles. The van der Waals surface area contributed by atoms with Crippen molar-refractivity contribution in [3.05, 3.63) is 53.6 Å². The summed E-state index contributed by atoms with van der Waals surface area (Å²) in [5.41, 5.74) is 3.49. The van der Waals surface area contributed by atoms with E-state index in [-0.39, 0.29) is 36.7 Å². The topological polar surface area (TPSA) is 100 Å². The van der Waals surface area contributed by atoms with Crippen LogP contribution in [0.3, 0.4) is 0 Å². The Morgan fingerprint density at radius 2 is 1.75 bits per heavy atom. The number of carbonyl (C=O) groups is 3. The number of anilines is 2. The van der Waals surface area contributed by atoms with E-state index in [9.17, 15) is 14.4 Å². The summed E-state index contributed by atoms with van der Waals surface area (Å²) in [6, 6.07) is 12.8. The highest BCUT2D eigenvalue weighted by Crippen LogP contribution is 2.27. The van der Waals surface area contributed by atoms with Gasteiger partial charge in [0, 0.05) is 50.5 Å². The number of carbonyl (C=O) groups excluding carboxylic acids is 3. The van der Waals surface area contributed by atoms with Gasteiger partial charge in [-0.1, -0.05) is 18.2 Å². The standard InChI is InChI=1S/C27H34N4O5/c1-19-4-3-5-20(2)26(19)29-24(32)18-36-23-8-6-22(7-9-23)31-17-21(16-25(31)33)27(34)28-10-11-30-12-14-35-15-13-30/h3-9,21H,10-18H2,1-2H3,(H,28,34)(H,29,32)/t21-/m0/s1. The molecule has 0 bridgehead atoms. The number of ether oxygens (including phenoxy) is 2. The molecule has 9 heteroatoms. The molecule has 0 aliphatic carbocycles. The first-order chi connectivity index (χ1) is 17.4. The summed E-state index contributed by atoms with van der Waals surface area (Å²) in [6.07, 6.45) is 0.195. The van der Waals surface area contributed by atoms with Crippen LogP contribution in [0.5, 0.6) is 5.75 Å². The van der Waals surface area contributed by atoms with Crippen LogP contribution in [-0.2, 0) is 19.1 Å². The first-order valence-corrected chi connectivity index (χ1v) is 12.4. The second-order valence-electron chi connectivity index (χ2n) is 9.25. The van der Waals surface area contributed by atoms with Gasteiger partial charge in [-0.3, -0.25) is 19.3 Å². The zero-order valence-corrected chi connectivity index (χ0v) is 20.9. The molecule has 2 saturated heterocycles. The Labute approximate surface area is 211 Å². The molecule has 2 heterocycles. The SMILES string of the molecule is Cc1cccc(C)c1NC(=O)COc1ccc(N2C[C@@H](C(=O)NCCN3CCOCC3)CC2=O)cc1. The Morgan fingerprint density at radius 3 is 2.44 bits per heavy atom. The Balaban J connectivity index is 1.23. The molecule has 2 aliphatic rings. The summed E-state index contributed by atoms with van der Waals surface area (Å²) in [5, 5.41) is 5.86. The van der Waals surface area contributed by atoms with Crippen molar-refractivity contribution in [1.82, 2.24) is 10.2 Å². The van der Waals surface area contributed by atoms with Gasteiger partial charge in [0.05, 0.1) is 19.1 Å². The lowest BCUT2D eigenvalue weighted by molar-refractivity contribution is -0.126. The van der Waals surface area contributed by atoms with Crippen molar-refractivity contribution in [2.24, 2.45) is 5.92 Å². The van der Waals surface area contributed by atoms with Crippen molar-refractivity contribution in [1.29, 1.82) is 0 Å². The molecule has 3 amide bonds. The number of benzene rings is 2. The van der Waals surface area contributed by atoms with Gasteiger partial charge < -0.3 is 25.0 Å². The normalized spacial score (nSPS) is 18.2. The Kier molecular flexibility index (Phi) is 8.56. The third kappa shape index (κ3) is 6.61. The molecule has 2 N–H and O–H groups in total. The maximum Gasteiger partial charge on any atom is 0.262 e. The average Bonchev–Trinajstić information content (AvgIpc) is 3.27. The van der Waals surface area contributed by atoms with Crippen LogP contribution >= 0.6 is 0 Å². The number of para-hydroxylation sites is 1. The monoisotopic (exact) mass is 494 g/mol. The van der Waals surface area contributed by atoms with Crippen molar-refractivity contribution in [2.45, 2.75) is 20.3 Å². The number of morpholine rings is 1. The molecule has 0 radical (unpaired) electrons. The molecule has 1 atom stereocenters. The number of hydrogen-bond donors (Lipinski definition) is 2. The lowest BCUT2D eigenvalue weighted by atomic mass is 10.1. The van der Waals surface area contributed by atoms with Crippen LogP contribution in [0.4, 0.5) is 11.4 Å². The van der Waals surface area contributed by atoms with Crippen LogP contribution in [0.1, 0.15) is 17.5 Å². The van der Waals surface area contributed by atoms with Gasteiger partial charge in [0.15, 0.2) is 6.61 Å². The number of amides is 3. The van der Waals surface area contributed by atoms with Crippen molar-refractivity contribution >= 4 is 29.1 Å². The Bertz CT molecular complexity index is 1060. The summed E-state index contributed by atoms with van der Waals surface area (Å²) in [6.45, 7) is 8.67. The minimum absolute atomic E-state index is 0.0787. The third-order valence-electron chi connectivity index (χ3n) is 6.59. The van der Waals surface area contributed by atoms with E-state index in [0.29, 0.717) is 24.5 Å². The zero-order valence-electron chi connectivity index (χ0n) is 20.9. The maximum absolute atomic E-state index is 12.6. The van der Waals surface area contributed by atoms with Crippen LogP contribution in [0.15, 0.2) is 42.5 Å². The molecule has 0 saturated carbocycles. The van der Waals surface area contributed by atoms with E-state index >= 15 is 0 Å².